The lowest BCUT2D eigenvalue weighted by Crippen LogP contribution is -2.50. The van der Waals surface area contributed by atoms with E-state index < -0.39 is 29.6 Å². The van der Waals surface area contributed by atoms with Crippen LogP contribution in [0.1, 0.15) is 27.0 Å². The molecule has 9 heteroatoms. The smallest absolute Gasteiger partial charge is 0.378 e. The van der Waals surface area contributed by atoms with Crippen molar-refractivity contribution in [3.8, 4) is 5.75 Å². The van der Waals surface area contributed by atoms with Gasteiger partial charge in [0.15, 0.2) is 0 Å². The van der Waals surface area contributed by atoms with E-state index in [1.54, 1.807) is 42.5 Å². The first kappa shape index (κ1) is 31.4. The summed E-state index contributed by atoms with van der Waals surface area (Å²) in [6.07, 6.45) is 1.27. The summed E-state index contributed by atoms with van der Waals surface area (Å²) in [5.74, 6) is -1.34. The zero-order valence-electron chi connectivity index (χ0n) is 23.8. The number of fused-ring (bicyclic) bond motifs is 1. The Bertz CT molecular complexity index is 1750. The van der Waals surface area contributed by atoms with E-state index in [0.29, 0.717) is 11.1 Å². The van der Waals surface area contributed by atoms with Crippen LogP contribution >= 0.6 is 0 Å². The van der Waals surface area contributed by atoms with Gasteiger partial charge in [-0.2, -0.15) is 0 Å². The van der Waals surface area contributed by atoms with Gasteiger partial charge in [0, 0.05) is 17.4 Å². The fourth-order valence-electron chi connectivity index (χ4n) is 4.34. The zero-order chi connectivity index (χ0) is 31.3. The number of carbonyl (C=O) groups excluding carboxylic acids is 3. The Kier molecular flexibility index (Phi) is 11.1. The number of ether oxygens (including phenoxy) is 1. The lowest BCUT2D eigenvalue weighted by atomic mass is 10.0. The third kappa shape index (κ3) is 9.23. The lowest BCUT2D eigenvalue weighted by Gasteiger charge is -2.20. The molecular formula is C35H32N2O7. The molecule has 5 rings (SSSR count). The highest BCUT2D eigenvalue weighted by Crippen LogP contribution is 2.15. The lowest BCUT2D eigenvalue weighted by molar-refractivity contribution is -0.149. The predicted molar refractivity (Wildman–Crippen MR) is 166 cm³/mol. The maximum atomic E-state index is 12.8. The summed E-state index contributed by atoms with van der Waals surface area (Å²) in [5, 5.41) is 12.5. The molecule has 0 saturated carbocycles. The van der Waals surface area contributed by atoms with Crippen LogP contribution in [0.15, 0.2) is 124 Å². The Hall–Kier alpha value is -5.54. The number of aldehydes is 1. The van der Waals surface area contributed by atoms with Crippen LogP contribution in [0, 0.1) is 0 Å². The number of esters is 1. The van der Waals surface area contributed by atoms with Crippen LogP contribution < -0.4 is 16.7 Å². The molecule has 9 nitrogen and oxygen atoms in total. The first-order valence-corrected chi connectivity index (χ1v) is 13.9. The molecule has 0 aliphatic heterocycles. The molecular weight excluding hydrogens is 560 g/mol. The summed E-state index contributed by atoms with van der Waals surface area (Å²) < 4.78 is 10.2. The fourth-order valence-corrected chi connectivity index (χ4v) is 4.34. The van der Waals surface area contributed by atoms with Crippen molar-refractivity contribution in [3.05, 3.63) is 148 Å². The van der Waals surface area contributed by atoms with E-state index in [0.717, 1.165) is 28.4 Å². The van der Waals surface area contributed by atoms with E-state index in [1.165, 1.54) is 6.07 Å². The molecule has 0 aliphatic rings. The van der Waals surface area contributed by atoms with Crippen molar-refractivity contribution in [2.45, 2.75) is 31.5 Å². The van der Waals surface area contributed by atoms with Gasteiger partial charge in [0.1, 0.15) is 24.5 Å². The number of hydrogen-bond donors (Lipinski definition) is 3. The van der Waals surface area contributed by atoms with E-state index in [-0.39, 0.29) is 25.2 Å². The standard InChI is InChI=1S/C26H26N2O4.C9H6O3/c27-23(15-21-12-7-13-22(14-21)17-29)25(30)28-24(16-19-8-3-1-4-9-19)26(31)32-18-20-10-5-2-6-11-20;10-7-5-6-3-1-2-4-8(6)12-9(7)11/h1-14,17,23-24H,15-16,18,27H2,(H,28,30);1-5,10H. The minimum atomic E-state index is -0.878. The van der Waals surface area contributed by atoms with Crippen LogP contribution in [0.25, 0.3) is 11.0 Å². The average Bonchev–Trinajstić information content (AvgIpc) is 3.05. The van der Waals surface area contributed by atoms with E-state index in [1.807, 2.05) is 66.7 Å². The van der Waals surface area contributed by atoms with Gasteiger partial charge in [-0.15, -0.1) is 0 Å². The summed E-state index contributed by atoms with van der Waals surface area (Å²) in [7, 11) is 0. The summed E-state index contributed by atoms with van der Waals surface area (Å²) in [5.41, 5.74) is 8.91. The second-order valence-corrected chi connectivity index (χ2v) is 9.97. The highest BCUT2D eigenvalue weighted by atomic mass is 16.5. The summed E-state index contributed by atoms with van der Waals surface area (Å²) in [6.45, 7) is 0.116. The number of benzene rings is 4. The minimum Gasteiger partial charge on any atom is -0.502 e. The molecule has 0 aliphatic carbocycles. The minimum absolute atomic E-state index is 0.116. The second kappa shape index (κ2) is 15.6. The Morgan fingerprint density at radius 2 is 1.45 bits per heavy atom. The van der Waals surface area contributed by atoms with Crippen molar-refractivity contribution in [1.82, 2.24) is 5.32 Å². The molecule has 1 heterocycles. The summed E-state index contributed by atoms with van der Waals surface area (Å²) in [6, 6.07) is 32.3. The van der Waals surface area contributed by atoms with Crippen molar-refractivity contribution in [2.24, 2.45) is 5.73 Å². The van der Waals surface area contributed by atoms with Gasteiger partial charge in [0.2, 0.25) is 11.7 Å². The molecule has 4 aromatic carbocycles. The number of rotatable bonds is 10. The molecule has 1 aromatic heterocycles. The number of nitrogens with one attached hydrogen (secondary N) is 1. The van der Waals surface area contributed by atoms with Crippen molar-refractivity contribution < 1.29 is 28.6 Å². The van der Waals surface area contributed by atoms with E-state index >= 15 is 0 Å². The molecule has 1 amide bonds. The maximum absolute atomic E-state index is 12.8. The van der Waals surface area contributed by atoms with Gasteiger partial charge >= 0.3 is 11.6 Å². The Morgan fingerprint density at radius 3 is 2.16 bits per heavy atom. The van der Waals surface area contributed by atoms with Gasteiger partial charge in [-0.3, -0.25) is 9.59 Å². The summed E-state index contributed by atoms with van der Waals surface area (Å²) in [4.78, 5) is 47.4. The highest BCUT2D eigenvalue weighted by molar-refractivity contribution is 5.88. The average molecular weight is 593 g/mol. The van der Waals surface area contributed by atoms with Crippen molar-refractivity contribution in [1.29, 1.82) is 0 Å². The number of carbonyl (C=O) groups is 3. The van der Waals surface area contributed by atoms with Gasteiger partial charge < -0.3 is 25.3 Å². The molecule has 0 saturated heterocycles. The third-order valence-electron chi connectivity index (χ3n) is 6.61. The maximum Gasteiger partial charge on any atom is 0.378 e. The van der Waals surface area contributed by atoms with Crippen molar-refractivity contribution in [3.63, 3.8) is 0 Å². The zero-order valence-corrected chi connectivity index (χ0v) is 23.8. The third-order valence-corrected chi connectivity index (χ3v) is 6.61. The van der Waals surface area contributed by atoms with Crippen LogP contribution in [0.4, 0.5) is 0 Å². The summed E-state index contributed by atoms with van der Waals surface area (Å²) >= 11 is 0. The number of nitrogens with two attached hydrogens (primary N) is 1. The van der Waals surface area contributed by atoms with E-state index in [4.69, 9.17) is 20.0 Å². The SMILES string of the molecule is NC(Cc1cccc(C=O)c1)C(=O)NC(Cc1ccccc1)C(=O)OCc1ccccc1.O=c1oc2ccccc2cc1O. The van der Waals surface area contributed by atoms with Gasteiger partial charge in [0.05, 0.1) is 6.04 Å². The Labute approximate surface area is 253 Å². The van der Waals surface area contributed by atoms with Crippen LogP contribution in [0.2, 0.25) is 0 Å². The van der Waals surface area contributed by atoms with Gasteiger partial charge in [-0.1, -0.05) is 97.1 Å². The molecule has 5 aromatic rings. The second-order valence-electron chi connectivity index (χ2n) is 9.97. The molecule has 0 spiro atoms. The molecule has 0 radical (unpaired) electrons. The van der Waals surface area contributed by atoms with Crippen LogP contribution in [0.3, 0.4) is 0 Å². The van der Waals surface area contributed by atoms with Crippen molar-refractivity contribution in [2.75, 3.05) is 0 Å². The van der Waals surface area contributed by atoms with Crippen LogP contribution in [-0.2, 0) is 33.8 Å². The van der Waals surface area contributed by atoms with Crippen molar-refractivity contribution >= 4 is 29.1 Å². The molecule has 2 atom stereocenters. The van der Waals surface area contributed by atoms with Gasteiger partial charge in [-0.25, -0.2) is 9.59 Å². The topological polar surface area (TPSA) is 149 Å². The molecule has 44 heavy (non-hydrogen) atoms. The largest absolute Gasteiger partial charge is 0.502 e. The number of aromatic hydroxyl groups is 1. The fraction of sp³-hybridized carbons (Fsp3) is 0.143. The van der Waals surface area contributed by atoms with E-state index in [9.17, 15) is 19.2 Å². The Morgan fingerprint density at radius 1 is 0.818 bits per heavy atom. The highest BCUT2D eigenvalue weighted by Gasteiger charge is 2.25. The quantitative estimate of drug-likeness (QED) is 0.123. The first-order valence-electron chi connectivity index (χ1n) is 13.9. The van der Waals surface area contributed by atoms with E-state index in [2.05, 4.69) is 5.32 Å². The predicted octanol–water partition coefficient (Wildman–Crippen LogP) is 4.34. The number of para-hydroxylation sites is 1. The number of hydrogen-bond acceptors (Lipinski definition) is 8. The van der Waals surface area contributed by atoms with Gasteiger partial charge in [0.25, 0.3) is 0 Å². The molecule has 4 N–H and O–H groups in total. The number of amides is 1. The monoisotopic (exact) mass is 592 g/mol. The van der Waals surface area contributed by atoms with Crippen LogP contribution in [0.5, 0.6) is 5.75 Å². The molecule has 2 unspecified atom stereocenters. The normalized spacial score (nSPS) is 11.8. The molecule has 224 valence electrons. The first-order chi connectivity index (χ1) is 21.3. The van der Waals surface area contributed by atoms with Gasteiger partial charge in [-0.05, 0) is 41.3 Å². The Balaban J connectivity index is 0.000000305. The molecule has 0 bridgehead atoms. The molecule has 0 fully saturated rings. The van der Waals surface area contributed by atoms with Crippen LogP contribution in [-0.4, -0.2) is 35.4 Å².